The number of aromatic nitrogens is 1. The minimum Gasteiger partial charge on any atom is -0.389 e. The average molecular weight is 260 g/mol. The number of fused-ring (bicyclic) bond motifs is 1. The molecule has 3 nitrogen and oxygen atoms in total. The molecule has 0 aliphatic rings. The third kappa shape index (κ3) is 3.58. The normalized spacial score (nSPS) is 12.5. The van der Waals surface area contributed by atoms with Crippen LogP contribution in [0.4, 0.5) is 0 Å². The number of nitrogens with zero attached hydrogens (tertiary/aromatic N) is 2. The fourth-order valence-corrected chi connectivity index (χ4v) is 2.68. The van der Waals surface area contributed by atoms with Crippen LogP contribution >= 0.6 is 0 Å². The van der Waals surface area contributed by atoms with Gasteiger partial charge in [0.25, 0.3) is 0 Å². The largest absolute Gasteiger partial charge is 0.389 e. The van der Waals surface area contributed by atoms with Crippen molar-refractivity contribution in [2.75, 3.05) is 20.1 Å². The Balaban J connectivity index is 2.06. The third-order valence-electron chi connectivity index (χ3n) is 3.40. The molecule has 1 aromatic carbocycles. The lowest BCUT2D eigenvalue weighted by Crippen LogP contribution is -2.37. The van der Waals surface area contributed by atoms with Crippen molar-refractivity contribution >= 4 is 10.9 Å². The Bertz CT molecular complexity index is 551. The van der Waals surface area contributed by atoms with Crippen molar-refractivity contribution in [3.63, 3.8) is 0 Å². The fraction of sp³-hybridized carbons (Fsp3) is 0.500. The van der Waals surface area contributed by atoms with Crippen molar-refractivity contribution in [2.45, 2.75) is 25.9 Å². The number of likely N-dealkylation sites (N-methyl/N-ethyl adjacent to an activating group) is 1. The predicted octanol–water partition coefficient (Wildman–Crippen LogP) is 2.42. The molecule has 0 bridgehead atoms. The van der Waals surface area contributed by atoms with Gasteiger partial charge in [0.2, 0.25) is 0 Å². The lowest BCUT2D eigenvalue weighted by Gasteiger charge is -2.25. The molecule has 0 amide bonds. The summed E-state index contributed by atoms with van der Waals surface area (Å²) >= 11 is 0. The van der Waals surface area contributed by atoms with Gasteiger partial charge >= 0.3 is 0 Å². The maximum atomic E-state index is 9.82. The Morgan fingerprint density at radius 2 is 1.95 bits per heavy atom. The van der Waals surface area contributed by atoms with E-state index in [1.54, 1.807) is 0 Å². The molecule has 0 spiro atoms. The van der Waals surface area contributed by atoms with Crippen LogP contribution in [0, 0.1) is 0 Å². The summed E-state index contributed by atoms with van der Waals surface area (Å²) in [4.78, 5) is 2.18. The van der Waals surface area contributed by atoms with Gasteiger partial charge in [-0.15, -0.1) is 0 Å². The first kappa shape index (κ1) is 14.1. The Morgan fingerprint density at radius 1 is 1.26 bits per heavy atom. The molecule has 0 atom stereocenters. The molecule has 1 aromatic heterocycles. The molecule has 1 N–H and O–H groups in total. The zero-order valence-electron chi connectivity index (χ0n) is 12.3. The smallest absolute Gasteiger partial charge is 0.0718 e. The first-order valence-corrected chi connectivity index (χ1v) is 6.81. The minimum absolute atomic E-state index is 0.631. The molecule has 0 saturated carbocycles. The summed E-state index contributed by atoms with van der Waals surface area (Å²) in [5.74, 6) is 0. The first-order chi connectivity index (χ1) is 8.87. The van der Waals surface area contributed by atoms with E-state index in [4.69, 9.17) is 0 Å². The van der Waals surface area contributed by atoms with E-state index in [-0.39, 0.29) is 0 Å². The Labute approximate surface area is 115 Å². The molecule has 0 radical (unpaired) electrons. The summed E-state index contributed by atoms with van der Waals surface area (Å²) in [6.07, 6.45) is 3.22. The molecular weight excluding hydrogens is 236 g/mol. The van der Waals surface area contributed by atoms with Gasteiger partial charge in [0.1, 0.15) is 0 Å². The van der Waals surface area contributed by atoms with Gasteiger partial charge in [-0.25, -0.2) is 0 Å². The monoisotopic (exact) mass is 260 g/mol. The quantitative estimate of drug-likeness (QED) is 0.894. The van der Waals surface area contributed by atoms with Gasteiger partial charge in [-0.05, 0) is 38.9 Å². The van der Waals surface area contributed by atoms with Gasteiger partial charge < -0.3 is 14.6 Å². The highest BCUT2D eigenvalue weighted by Crippen LogP contribution is 2.20. The third-order valence-corrected chi connectivity index (χ3v) is 3.40. The van der Waals surface area contributed by atoms with E-state index in [0.29, 0.717) is 6.54 Å². The number of hydrogen-bond donors (Lipinski definition) is 1. The molecule has 3 heteroatoms. The summed E-state index contributed by atoms with van der Waals surface area (Å²) in [6.45, 7) is 5.35. The molecule has 1 heterocycles. The van der Waals surface area contributed by atoms with E-state index in [1.165, 1.54) is 16.5 Å². The van der Waals surface area contributed by atoms with Crippen molar-refractivity contribution in [3.05, 3.63) is 36.0 Å². The van der Waals surface area contributed by atoms with Crippen molar-refractivity contribution in [2.24, 2.45) is 7.05 Å². The van der Waals surface area contributed by atoms with Crippen molar-refractivity contribution < 1.29 is 5.11 Å². The van der Waals surface area contributed by atoms with Gasteiger partial charge in [0.05, 0.1) is 5.60 Å². The van der Waals surface area contributed by atoms with E-state index in [9.17, 15) is 5.11 Å². The van der Waals surface area contributed by atoms with Gasteiger partial charge in [-0.3, -0.25) is 0 Å². The SMILES string of the molecule is CN(CCc1cn(C)c2ccccc12)CC(C)(C)O. The zero-order valence-corrected chi connectivity index (χ0v) is 12.3. The average Bonchev–Trinajstić information content (AvgIpc) is 2.62. The van der Waals surface area contributed by atoms with Crippen molar-refractivity contribution in [3.8, 4) is 0 Å². The summed E-state index contributed by atoms with van der Waals surface area (Å²) in [5, 5.41) is 11.2. The van der Waals surface area contributed by atoms with Crippen LogP contribution in [-0.2, 0) is 13.5 Å². The number of hydrogen-bond acceptors (Lipinski definition) is 2. The molecule has 19 heavy (non-hydrogen) atoms. The Morgan fingerprint density at radius 3 is 2.63 bits per heavy atom. The van der Waals surface area contributed by atoms with E-state index >= 15 is 0 Å². The Kier molecular flexibility index (Phi) is 3.97. The summed E-state index contributed by atoms with van der Waals surface area (Å²) in [5.41, 5.74) is 2.02. The number of aliphatic hydroxyl groups is 1. The summed E-state index contributed by atoms with van der Waals surface area (Å²) < 4.78 is 2.18. The topological polar surface area (TPSA) is 28.4 Å². The molecular formula is C16H24N2O. The zero-order chi connectivity index (χ0) is 14.0. The van der Waals surface area contributed by atoms with Crippen molar-refractivity contribution in [1.82, 2.24) is 9.47 Å². The summed E-state index contributed by atoms with van der Waals surface area (Å²) in [6, 6.07) is 8.50. The summed E-state index contributed by atoms with van der Waals surface area (Å²) in [7, 11) is 4.15. The van der Waals surface area contributed by atoms with Gasteiger partial charge in [-0.1, -0.05) is 18.2 Å². The minimum atomic E-state index is -0.631. The van der Waals surface area contributed by atoms with Crippen LogP contribution in [0.3, 0.4) is 0 Å². The van der Waals surface area contributed by atoms with Gasteiger partial charge in [0, 0.05) is 37.2 Å². The van der Waals surface area contributed by atoms with Crippen LogP contribution in [0.1, 0.15) is 19.4 Å². The lowest BCUT2D eigenvalue weighted by atomic mass is 10.1. The number of rotatable bonds is 5. The standard InChI is InChI=1S/C16H24N2O/c1-16(2,19)12-17(3)10-9-13-11-18(4)15-8-6-5-7-14(13)15/h5-8,11,19H,9-10,12H2,1-4H3. The highest BCUT2D eigenvalue weighted by atomic mass is 16.3. The molecule has 0 fully saturated rings. The number of benzene rings is 1. The van der Waals surface area contributed by atoms with E-state index in [1.807, 2.05) is 13.8 Å². The lowest BCUT2D eigenvalue weighted by molar-refractivity contribution is 0.0450. The second-order valence-corrected chi connectivity index (χ2v) is 6.08. The van der Waals surface area contributed by atoms with Gasteiger partial charge in [-0.2, -0.15) is 0 Å². The number of para-hydroxylation sites is 1. The number of aryl methyl sites for hydroxylation is 1. The van der Waals surface area contributed by atoms with Gasteiger partial charge in [0.15, 0.2) is 0 Å². The van der Waals surface area contributed by atoms with Crippen LogP contribution < -0.4 is 0 Å². The molecule has 0 saturated heterocycles. The fourth-order valence-electron chi connectivity index (χ4n) is 2.68. The molecule has 2 rings (SSSR count). The van der Waals surface area contributed by atoms with E-state index in [0.717, 1.165) is 13.0 Å². The van der Waals surface area contributed by atoms with Crippen LogP contribution in [0.5, 0.6) is 0 Å². The Hall–Kier alpha value is -1.32. The second-order valence-electron chi connectivity index (χ2n) is 6.08. The molecule has 2 aromatic rings. The molecule has 104 valence electrons. The van der Waals surface area contributed by atoms with Crippen LogP contribution in [-0.4, -0.2) is 40.3 Å². The van der Waals surface area contributed by atoms with E-state index < -0.39 is 5.60 Å². The molecule has 0 unspecified atom stereocenters. The second kappa shape index (κ2) is 5.35. The van der Waals surface area contributed by atoms with Crippen molar-refractivity contribution in [1.29, 1.82) is 0 Å². The highest BCUT2D eigenvalue weighted by molar-refractivity contribution is 5.83. The van der Waals surface area contributed by atoms with Crippen LogP contribution in [0.2, 0.25) is 0 Å². The molecule has 0 aliphatic carbocycles. The first-order valence-electron chi connectivity index (χ1n) is 6.81. The van der Waals surface area contributed by atoms with E-state index in [2.05, 4.69) is 54.0 Å². The predicted molar refractivity (Wildman–Crippen MR) is 80.4 cm³/mol. The van der Waals surface area contributed by atoms with Crippen LogP contribution in [0.15, 0.2) is 30.5 Å². The molecule has 0 aliphatic heterocycles. The highest BCUT2D eigenvalue weighted by Gasteiger charge is 2.15. The van der Waals surface area contributed by atoms with Crippen LogP contribution in [0.25, 0.3) is 10.9 Å². The maximum Gasteiger partial charge on any atom is 0.0718 e. The maximum absolute atomic E-state index is 9.82.